The molecule has 0 spiro atoms. The Balaban J connectivity index is 2.00. The number of nitro groups is 1. The molecule has 10 heteroatoms. The first-order valence-electron chi connectivity index (χ1n) is 7.93. The van der Waals surface area contributed by atoms with Gasteiger partial charge in [0.15, 0.2) is 11.6 Å². The van der Waals surface area contributed by atoms with Gasteiger partial charge in [0.05, 0.1) is 16.3 Å². The smallest absolute Gasteiger partial charge is 0.270 e. The Bertz CT molecular complexity index is 1080. The van der Waals surface area contributed by atoms with E-state index in [-0.39, 0.29) is 18.8 Å². The average molecular weight is 385 g/mol. The van der Waals surface area contributed by atoms with Gasteiger partial charge in [0.1, 0.15) is 13.2 Å². The number of nitrogens with zero attached hydrogens (tertiary/aromatic N) is 5. The maximum absolute atomic E-state index is 11.3. The number of nitrogens with two attached hydrogens (primary N) is 1. The van der Waals surface area contributed by atoms with E-state index in [1.165, 1.54) is 12.1 Å². The van der Waals surface area contributed by atoms with Gasteiger partial charge in [-0.15, -0.1) is 10.2 Å². The second kappa shape index (κ2) is 6.88. The third kappa shape index (κ3) is 2.97. The summed E-state index contributed by atoms with van der Waals surface area (Å²) in [7, 11) is 0. The third-order valence-electron chi connectivity index (χ3n) is 4.20. The molecule has 0 amide bonds. The van der Waals surface area contributed by atoms with Gasteiger partial charge in [-0.1, -0.05) is 29.8 Å². The number of nitro benzene ring substituents is 1. The first kappa shape index (κ1) is 17.3. The Morgan fingerprint density at radius 1 is 1.22 bits per heavy atom. The van der Waals surface area contributed by atoms with Crippen molar-refractivity contribution in [2.75, 3.05) is 0 Å². The summed E-state index contributed by atoms with van der Waals surface area (Å²) in [6, 6.07) is 11.7. The highest BCUT2D eigenvalue weighted by atomic mass is 35.5. The molecule has 0 radical (unpaired) electrons. The molecule has 0 fully saturated rings. The van der Waals surface area contributed by atoms with Gasteiger partial charge in [0.2, 0.25) is 0 Å². The van der Waals surface area contributed by atoms with Gasteiger partial charge in [-0.2, -0.15) is 0 Å². The standard InChI is InChI=1S/C17H13ClN6O3/c18-13-4-2-1-3-11(13)17-12-7-10(24(25)26)5-6-14(12)23-15(8-20-17)21-22-16(23)9-27-19/h1-7H,8-9,19H2. The van der Waals surface area contributed by atoms with E-state index in [2.05, 4.69) is 15.2 Å². The van der Waals surface area contributed by atoms with Crippen molar-refractivity contribution in [2.45, 2.75) is 13.2 Å². The molecule has 0 saturated carbocycles. The number of benzene rings is 2. The van der Waals surface area contributed by atoms with Crippen LogP contribution in [0.5, 0.6) is 0 Å². The molecule has 2 aromatic carbocycles. The van der Waals surface area contributed by atoms with Crippen LogP contribution in [0, 0.1) is 10.1 Å². The van der Waals surface area contributed by atoms with Gasteiger partial charge in [0, 0.05) is 28.3 Å². The lowest BCUT2D eigenvalue weighted by atomic mass is 9.99. The fourth-order valence-electron chi connectivity index (χ4n) is 3.04. The molecule has 1 aliphatic rings. The van der Waals surface area contributed by atoms with Gasteiger partial charge < -0.3 is 0 Å². The summed E-state index contributed by atoms with van der Waals surface area (Å²) < 4.78 is 1.75. The zero-order valence-electron chi connectivity index (χ0n) is 13.9. The van der Waals surface area contributed by atoms with E-state index in [0.717, 1.165) is 0 Å². The van der Waals surface area contributed by atoms with Crippen molar-refractivity contribution in [3.63, 3.8) is 0 Å². The van der Waals surface area contributed by atoms with Crippen LogP contribution in [0.25, 0.3) is 5.69 Å². The summed E-state index contributed by atoms with van der Waals surface area (Å²) in [5, 5.41) is 20.0. The van der Waals surface area contributed by atoms with Crippen molar-refractivity contribution >= 4 is 23.0 Å². The third-order valence-corrected chi connectivity index (χ3v) is 4.53. The SMILES string of the molecule is NOCc1nnc2n1-c1ccc([N+](=O)[O-])cc1C(c1ccccc1Cl)=NC2. The highest BCUT2D eigenvalue weighted by Crippen LogP contribution is 2.31. The Labute approximate surface area is 158 Å². The van der Waals surface area contributed by atoms with Gasteiger partial charge in [-0.05, 0) is 12.1 Å². The van der Waals surface area contributed by atoms with Crippen LogP contribution in [-0.4, -0.2) is 25.4 Å². The molecule has 4 rings (SSSR count). The zero-order valence-corrected chi connectivity index (χ0v) is 14.6. The summed E-state index contributed by atoms with van der Waals surface area (Å²) in [6.07, 6.45) is 0. The van der Waals surface area contributed by atoms with E-state index >= 15 is 0 Å². The van der Waals surface area contributed by atoms with E-state index in [0.29, 0.717) is 39.2 Å². The summed E-state index contributed by atoms with van der Waals surface area (Å²) >= 11 is 6.36. The van der Waals surface area contributed by atoms with Crippen LogP contribution >= 0.6 is 11.6 Å². The van der Waals surface area contributed by atoms with Crippen molar-refractivity contribution in [3.05, 3.63) is 80.4 Å². The molecule has 0 saturated heterocycles. The molecular weight excluding hydrogens is 372 g/mol. The van der Waals surface area contributed by atoms with Crippen molar-refractivity contribution < 1.29 is 9.76 Å². The van der Waals surface area contributed by atoms with Crippen LogP contribution in [-0.2, 0) is 18.0 Å². The molecule has 2 N–H and O–H groups in total. The van der Waals surface area contributed by atoms with Gasteiger partial charge in [-0.25, -0.2) is 5.90 Å². The molecule has 0 unspecified atom stereocenters. The highest BCUT2D eigenvalue weighted by molar-refractivity contribution is 6.35. The van der Waals surface area contributed by atoms with Crippen molar-refractivity contribution in [3.8, 4) is 5.69 Å². The monoisotopic (exact) mass is 384 g/mol. The minimum absolute atomic E-state index is 0.0326. The number of aliphatic imine (C=N–C) groups is 1. The summed E-state index contributed by atoms with van der Waals surface area (Å²) in [4.78, 5) is 20.2. The van der Waals surface area contributed by atoms with Gasteiger partial charge in [-0.3, -0.25) is 24.5 Å². The summed E-state index contributed by atoms with van der Waals surface area (Å²) in [6.45, 7) is 0.255. The Hall–Kier alpha value is -3.14. The molecule has 136 valence electrons. The predicted molar refractivity (Wildman–Crippen MR) is 97.8 cm³/mol. The molecule has 3 aromatic rings. The van der Waals surface area contributed by atoms with Crippen molar-refractivity contribution in [2.24, 2.45) is 10.9 Å². The minimum atomic E-state index is -0.452. The molecule has 9 nitrogen and oxygen atoms in total. The average Bonchev–Trinajstić information content (AvgIpc) is 2.98. The fraction of sp³-hybridized carbons (Fsp3) is 0.118. The zero-order chi connectivity index (χ0) is 19.0. The van der Waals surface area contributed by atoms with E-state index in [1.54, 1.807) is 16.7 Å². The van der Waals surface area contributed by atoms with Crippen molar-refractivity contribution in [1.29, 1.82) is 0 Å². The molecule has 0 aliphatic carbocycles. The van der Waals surface area contributed by atoms with Crippen LogP contribution in [0.15, 0.2) is 47.5 Å². The van der Waals surface area contributed by atoms with Crippen LogP contribution < -0.4 is 5.90 Å². The first-order valence-corrected chi connectivity index (χ1v) is 8.31. The summed E-state index contributed by atoms with van der Waals surface area (Å²) in [5.41, 5.74) is 2.36. The Morgan fingerprint density at radius 2 is 2.04 bits per heavy atom. The molecule has 1 aromatic heterocycles. The van der Waals surface area contributed by atoms with E-state index in [1.807, 2.05) is 18.2 Å². The van der Waals surface area contributed by atoms with Crippen LogP contribution in [0.2, 0.25) is 5.02 Å². The number of aromatic nitrogens is 3. The molecule has 1 aliphatic heterocycles. The van der Waals surface area contributed by atoms with Crippen LogP contribution in [0.3, 0.4) is 0 Å². The van der Waals surface area contributed by atoms with Crippen LogP contribution in [0.4, 0.5) is 5.69 Å². The quantitative estimate of drug-likeness (QED) is 0.545. The fourth-order valence-corrected chi connectivity index (χ4v) is 3.27. The predicted octanol–water partition coefficient (Wildman–Crippen LogP) is 2.57. The van der Waals surface area contributed by atoms with Gasteiger partial charge >= 0.3 is 0 Å². The highest BCUT2D eigenvalue weighted by Gasteiger charge is 2.25. The Morgan fingerprint density at radius 3 is 2.78 bits per heavy atom. The van der Waals surface area contributed by atoms with E-state index < -0.39 is 4.92 Å². The first-order chi connectivity index (χ1) is 13.1. The number of non-ortho nitro benzene ring substituents is 1. The van der Waals surface area contributed by atoms with Crippen molar-refractivity contribution in [1.82, 2.24) is 14.8 Å². The molecular formula is C17H13ClN6O3. The van der Waals surface area contributed by atoms with E-state index in [9.17, 15) is 10.1 Å². The molecule has 2 heterocycles. The number of hydrogen-bond acceptors (Lipinski definition) is 7. The Kier molecular flexibility index (Phi) is 4.40. The minimum Gasteiger partial charge on any atom is -0.296 e. The molecule has 27 heavy (non-hydrogen) atoms. The number of hydrogen-bond donors (Lipinski definition) is 1. The summed E-state index contributed by atoms with van der Waals surface area (Å²) in [5.74, 6) is 6.24. The molecule has 0 atom stereocenters. The lowest BCUT2D eigenvalue weighted by molar-refractivity contribution is -0.384. The largest absolute Gasteiger partial charge is 0.296 e. The van der Waals surface area contributed by atoms with Gasteiger partial charge in [0.25, 0.3) is 5.69 Å². The topological polar surface area (TPSA) is 121 Å². The second-order valence-electron chi connectivity index (χ2n) is 5.78. The normalized spacial score (nSPS) is 12.7. The lowest BCUT2D eigenvalue weighted by Gasteiger charge is -2.13. The maximum atomic E-state index is 11.3. The van der Waals surface area contributed by atoms with Crippen LogP contribution in [0.1, 0.15) is 22.8 Å². The molecule has 0 bridgehead atoms. The second-order valence-corrected chi connectivity index (χ2v) is 6.19. The number of fused-ring (bicyclic) bond motifs is 3. The number of rotatable bonds is 4. The number of halogens is 1. The maximum Gasteiger partial charge on any atom is 0.270 e. The lowest BCUT2D eigenvalue weighted by Crippen LogP contribution is -2.12. The van der Waals surface area contributed by atoms with E-state index in [4.69, 9.17) is 22.3 Å².